The topological polar surface area (TPSA) is 17.3 Å². The van der Waals surface area contributed by atoms with Crippen LogP contribution in [0.2, 0.25) is 0 Å². The molecule has 0 saturated carbocycles. The summed E-state index contributed by atoms with van der Waals surface area (Å²) in [6, 6.07) is 64.0. The number of allylic oxidation sites excluding steroid dienone is 6. The average molecular weight is 747 g/mol. The molecule has 1 unspecified atom stereocenters. The van der Waals surface area contributed by atoms with Crippen LogP contribution in [0.25, 0.3) is 86.7 Å². The number of pyridine rings is 1. The summed E-state index contributed by atoms with van der Waals surface area (Å²) < 4.78 is 3.65. The predicted octanol–water partition coefficient (Wildman–Crippen LogP) is 14.9. The van der Waals surface area contributed by atoms with Crippen LogP contribution in [-0.2, 0) is 0 Å². The first-order chi connectivity index (χ1) is 28.2. The van der Waals surface area contributed by atoms with Crippen molar-refractivity contribution in [3.05, 3.63) is 211 Å². The number of para-hydroxylation sites is 2. The number of hydrogen-bond donors (Lipinski definition) is 0. The third-order valence-corrected chi connectivity index (χ3v) is 12.8. The molecule has 1 aliphatic rings. The minimum atomic E-state index is 0.371. The number of hydrogen-bond acceptors (Lipinski definition) is 2. The minimum absolute atomic E-state index is 0.371. The minimum Gasteiger partial charge on any atom is -0.283 e. The van der Waals surface area contributed by atoms with Crippen LogP contribution in [-0.4, -0.2) is 9.38 Å². The second-order valence-corrected chi connectivity index (χ2v) is 16.2. The van der Waals surface area contributed by atoms with Gasteiger partial charge in [0.25, 0.3) is 0 Å². The molecule has 0 saturated heterocycles. The van der Waals surface area contributed by atoms with E-state index in [1.165, 1.54) is 86.7 Å². The van der Waals surface area contributed by atoms with Gasteiger partial charge < -0.3 is 0 Å². The molecule has 3 heteroatoms. The van der Waals surface area contributed by atoms with E-state index in [0.29, 0.717) is 5.92 Å². The van der Waals surface area contributed by atoms with Crippen molar-refractivity contribution in [3.63, 3.8) is 0 Å². The largest absolute Gasteiger partial charge is 0.283 e. The molecule has 2 nitrogen and oxygen atoms in total. The monoisotopic (exact) mass is 746 g/mol. The number of imidazole rings is 1. The van der Waals surface area contributed by atoms with Crippen molar-refractivity contribution in [1.29, 1.82) is 0 Å². The standard InChI is InChI=1S/C54H38N2S/c1-35-26-27-42(36-14-4-2-5-15-36)32-44(34-47(35)37-16-6-3-7-17-37)41-21-13-19-39(31-41)38-18-12-20-40(30-38)43-28-29-51-48(33-43)52-45-22-8-9-23-46(45)53-55-49-24-10-11-25-50(49)56(53)54(52)57-51/h2-25,27-35H,26H2,1H3/b42-27-,44-32+,47-34+. The van der Waals surface area contributed by atoms with Gasteiger partial charge in [-0.2, -0.15) is 0 Å². The van der Waals surface area contributed by atoms with Gasteiger partial charge in [0, 0.05) is 20.9 Å². The fourth-order valence-corrected chi connectivity index (χ4v) is 9.97. The van der Waals surface area contributed by atoms with Crippen molar-refractivity contribution in [2.75, 3.05) is 0 Å². The second-order valence-electron chi connectivity index (χ2n) is 15.2. The summed E-state index contributed by atoms with van der Waals surface area (Å²) in [5.74, 6) is 0.371. The molecule has 0 aliphatic heterocycles. The van der Waals surface area contributed by atoms with E-state index in [1.807, 2.05) is 11.3 Å². The summed E-state index contributed by atoms with van der Waals surface area (Å²) in [6.45, 7) is 2.35. The fraction of sp³-hybridized carbons (Fsp3) is 0.0556. The maximum atomic E-state index is 5.11. The van der Waals surface area contributed by atoms with Gasteiger partial charge in [-0.1, -0.05) is 159 Å². The van der Waals surface area contributed by atoms with Crippen molar-refractivity contribution in [1.82, 2.24) is 9.38 Å². The lowest BCUT2D eigenvalue weighted by molar-refractivity contribution is 0.766. The third kappa shape index (κ3) is 5.82. The highest BCUT2D eigenvalue weighted by Crippen LogP contribution is 2.43. The zero-order chi connectivity index (χ0) is 37.9. The van der Waals surface area contributed by atoms with Crippen LogP contribution in [0.15, 0.2) is 194 Å². The van der Waals surface area contributed by atoms with E-state index in [-0.39, 0.29) is 0 Å². The Labute approximate surface area is 336 Å². The first-order valence-electron chi connectivity index (χ1n) is 19.8. The molecule has 0 N–H and O–H groups in total. The van der Waals surface area contributed by atoms with E-state index in [0.717, 1.165) is 23.1 Å². The molecule has 0 spiro atoms. The molecule has 0 fully saturated rings. The molecule has 3 heterocycles. The molecule has 3 aromatic heterocycles. The molecule has 7 aromatic carbocycles. The van der Waals surface area contributed by atoms with E-state index in [4.69, 9.17) is 4.98 Å². The zero-order valence-electron chi connectivity index (χ0n) is 31.6. The molecule has 57 heavy (non-hydrogen) atoms. The van der Waals surface area contributed by atoms with Gasteiger partial charge in [0.2, 0.25) is 0 Å². The smallest absolute Gasteiger partial charge is 0.147 e. The van der Waals surface area contributed by atoms with Gasteiger partial charge in [-0.25, -0.2) is 4.98 Å². The van der Waals surface area contributed by atoms with Crippen LogP contribution in [0.4, 0.5) is 0 Å². The first kappa shape index (κ1) is 33.5. The molecule has 270 valence electrons. The van der Waals surface area contributed by atoms with E-state index >= 15 is 0 Å². The van der Waals surface area contributed by atoms with Crippen molar-refractivity contribution in [2.24, 2.45) is 5.92 Å². The average Bonchev–Trinajstić information content (AvgIpc) is 3.85. The van der Waals surface area contributed by atoms with Gasteiger partial charge in [0.1, 0.15) is 10.5 Å². The van der Waals surface area contributed by atoms with E-state index in [9.17, 15) is 0 Å². The van der Waals surface area contributed by atoms with Crippen LogP contribution in [0.5, 0.6) is 0 Å². The second kappa shape index (κ2) is 13.7. The number of benzene rings is 7. The van der Waals surface area contributed by atoms with Gasteiger partial charge in [0.15, 0.2) is 0 Å². The van der Waals surface area contributed by atoms with Crippen LogP contribution >= 0.6 is 11.3 Å². The maximum absolute atomic E-state index is 5.11. The molecule has 0 bridgehead atoms. The molecule has 1 atom stereocenters. The lowest BCUT2D eigenvalue weighted by Crippen LogP contribution is -2.01. The molecule has 11 rings (SSSR count). The van der Waals surface area contributed by atoms with Crippen LogP contribution in [0.1, 0.15) is 30.0 Å². The van der Waals surface area contributed by atoms with Gasteiger partial charge >= 0.3 is 0 Å². The Morgan fingerprint density at radius 3 is 1.89 bits per heavy atom. The highest BCUT2D eigenvalue weighted by atomic mass is 32.1. The summed E-state index contributed by atoms with van der Waals surface area (Å²) in [5, 5.41) is 5.00. The van der Waals surface area contributed by atoms with Gasteiger partial charge in [-0.15, -0.1) is 11.3 Å². The quantitative estimate of drug-likeness (QED) is 0.171. The Hall–Kier alpha value is -6.81. The summed E-state index contributed by atoms with van der Waals surface area (Å²) in [7, 11) is 0. The number of nitrogens with zero attached hydrogens (tertiary/aromatic N) is 2. The number of rotatable bonds is 5. The van der Waals surface area contributed by atoms with Crippen molar-refractivity contribution < 1.29 is 0 Å². The van der Waals surface area contributed by atoms with Crippen molar-refractivity contribution >= 4 is 75.8 Å². The predicted molar refractivity (Wildman–Crippen MR) is 245 cm³/mol. The number of thiophene rings is 1. The molecule has 0 amide bonds. The Morgan fingerprint density at radius 1 is 0.509 bits per heavy atom. The van der Waals surface area contributed by atoms with E-state index in [1.54, 1.807) is 0 Å². The first-order valence-corrected chi connectivity index (χ1v) is 20.6. The molecule has 0 radical (unpaired) electrons. The summed E-state index contributed by atoms with van der Waals surface area (Å²) in [4.78, 5) is 6.35. The summed E-state index contributed by atoms with van der Waals surface area (Å²) in [6.07, 6.45) is 8.20. The Morgan fingerprint density at radius 2 is 1.12 bits per heavy atom. The SMILES string of the molecule is CC1C/C=C(c2ccccc2)/C=C(c2cccc(-c3cccc(-c4ccc5sc6c(c5c4)c4ccccc4c4nc5ccccc5n46)c3)c2)\C=C/1c1ccccc1. The van der Waals surface area contributed by atoms with E-state index in [2.05, 4.69) is 205 Å². The number of fused-ring (bicyclic) bond motifs is 10. The van der Waals surface area contributed by atoms with Crippen LogP contribution < -0.4 is 0 Å². The Bertz CT molecular complexity index is 3270. The lowest BCUT2D eigenvalue weighted by atomic mass is 9.84. The molecular formula is C54H38N2S. The zero-order valence-corrected chi connectivity index (χ0v) is 32.4. The highest BCUT2D eigenvalue weighted by Gasteiger charge is 2.19. The Kier molecular flexibility index (Phi) is 8.08. The normalized spacial score (nSPS) is 17.6. The molecule has 10 aromatic rings. The molecule has 1 aliphatic carbocycles. The molecular weight excluding hydrogens is 709 g/mol. The van der Waals surface area contributed by atoms with Gasteiger partial charge in [-0.3, -0.25) is 4.40 Å². The van der Waals surface area contributed by atoms with Crippen LogP contribution in [0.3, 0.4) is 0 Å². The maximum Gasteiger partial charge on any atom is 0.147 e. The van der Waals surface area contributed by atoms with Crippen molar-refractivity contribution in [2.45, 2.75) is 13.3 Å². The van der Waals surface area contributed by atoms with Crippen LogP contribution in [0, 0.1) is 5.92 Å². The lowest BCUT2D eigenvalue weighted by Gasteiger charge is -2.20. The third-order valence-electron chi connectivity index (χ3n) is 11.7. The van der Waals surface area contributed by atoms with Crippen molar-refractivity contribution in [3.8, 4) is 22.3 Å². The summed E-state index contributed by atoms with van der Waals surface area (Å²) in [5.41, 5.74) is 15.6. The van der Waals surface area contributed by atoms with Gasteiger partial charge in [0.05, 0.1) is 11.0 Å². The fourth-order valence-electron chi connectivity index (χ4n) is 8.75. The Balaban J connectivity index is 1.03. The number of aromatic nitrogens is 2. The van der Waals surface area contributed by atoms with E-state index < -0.39 is 0 Å². The van der Waals surface area contributed by atoms with Gasteiger partial charge in [-0.05, 0) is 116 Å². The summed E-state index contributed by atoms with van der Waals surface area (Å²) >= 11 is 1.85. The highest BCUT2D eigenvalue weighted by molar-refractivity contribution is 7.25.